The molecule has 1 saturated heterocycles. The van der Waals surface area contributed by atoms with E-state index in [-0.39, 0.29) is 22.8 Å². The van der Waals surface area contributed by atoms with Crippen LogP contribution in [0.1, 0.15) is 12.5 Å². The quantitative estimate of drug-likeness (QED) is 0.646. The van der Waals surface area contributed by atoms with Gasteiger partial charge in [-0.05, 0) is 13.3 Å². The molecule has 0 spiro atoms. The van der Waals surface area contributed by atoms with Crippen LogP contribution in [-0.4, -0.2) is 48.2 Å². The van der Waals surface area contributed by atoms with E-state index < -0.39 is 0 Å². The van der Waals surface area contributed by atoms with Crippen LogP contribution in [0.4, 0.5) is 5.69 Å². The fourth-order valence-corrected chi connectivity index (χ4v) is 2.43. The van der Waals surface area contributed by atoms with Crippen LogP contribution in [0.15, 0.2) is 24.3 Å². The number of ether oxygens (including phenoxy) is 1. The fourth-order valence-electron chi connectivity index (χ4n) is 2.43. The zero-order chi connectivity index (χ0) is 14.5. The number of nitrogens with two attached hydrogens (primary N) is 1. The van der Waals surface area contributed by atoms with Crippen molar-refractivity contribution < 1.29 is 9.66 Å². The van der Waals surface area contributed by atoms with Crippen LogP contribution in [-0.2, 0) is 11.2 Å². The van der Waals surface area contributed by atoms with Gasteiger partial charge < -0.3 is 10.5 Å². The molecule has 1 fully saturated rings. The smallest absolute Gasteiger partial charge is 0.272 e. The van der Waals surface area contributed by atoms with E-state index >= 15 is 0 Å². The molecule has 0 saturated carbocycles. The van der Waals surface area contributed by atoms with E-state index in [4.69, 9.17) is 10.5 Å². The van der Waals surface area contributed by atoms with Crippen molar-refractivity contribution in [3.63, 3.8) is 0 Å². The van der Waals surface area contributed by atoms with Crippen molar-refractivity contribution in [1.29, 1.82) is 0 Å². The highest BCUT2D eigenvalue weighted by molar-refractivity contribution is 5.39. The average Bonchev–Trinajstić information content (AvgIpc) is 2.45. The van der Waals surface area contributed by atoms with Gasteiger partial charge in [-0.2, -0.15) is 0 Å². The van der Waals surface area contributed by atoms with Crippen LogP contribution in [0, 0.1) is 10.1 Å². The standard InChI is InChI=1S/C14H21N3O3/c1-11(15)14-10-16(8-9-20-14)7-6-12-4-2-3-5-13(12)17(18)19/h2-5,11,14H,6-10,15H2,1H3. The summed E-state index contributed by atoms with van der Waals surface area (Å²) in [4.78, 5) is 12.9. The zero-order valence-corrected chi connectivity index (χ0v) is 11.7. The highest BCUT2D eigenvalue weighted by atomic mass is 16.6. The molecular formula is C14H21N3O3. The van der Waals surface area contributed by atoms with Crippen LogP contribution in [0.3, 0.4) is 0 Å². The Kier molecular flexibility index (Phi) is 5.05. The Morgan fingerprint density at radius 3 is 3.00 bits per heavy atom. The van der Waals surface area contributed by atoms with Gasteiger partial charge in [0.1, 0.15) is 0 Å². The Balaban J connectivity index is 1.94. The largest absolute Gasteiger partial charge is 0.374 e. The van der Waals surface area contributed by atoms with Gasteiger partial charge >= 0.3 is 0 Å². The number of nitro groups is 1. The second-order valence-corrected chi connectivity index (χ2v) is 5.20. The van der Waals surface area contributed by atoms with Crippen LogP contribution < -0.4 is 5.73 Å². The van der Waals surface area contributed by atoms with Crippen molar-refractivity contribution in [2.75, 3.05) is 26.2 Å². The van der Waals surface area contributed by atoms with E-state index in [0.29, 0.717) is 13.0 Å². The predicted octanol–water partition coefficient (Wildman–Crippen LogP) is 1.19. The highest BCUT2D eigenvalue weighted by Gasteiger charge is 2.23. The minimum Gasteiger partial charge on any atom is -0.374 e. The Morgan fingerprint density at radius 2 is 2.30 bits per heavy atom. The van der Waals surface area contributed by atoms with Crippen molar-refractivity contribution in [3.05, 3.63) is 39.9 Å². The first-order chi connectivity index (χ1) is 9.58. The normalized spacial score (nSPS) is 21.6. The fraction of sp³-hybridized carbons (Fsp3) is 0.571. The SMILES string of the molecule is CC(N)C1CN(CCc2ccccc2[N+](=O)[O-])CCO1. The number of para-hydroxylation sites is 1. The van der Waals surface area contributed by atoms with E-state index in [0.717, 1.165) is 25.2 Å². The summed E-state index contributed by atoms with van der Waals surface area (Å²) in [6.07, 6.45) is 0.720. The van der Waals surface area contributed by atoms with Crippen LogP contribution in [0.5, 0.6) is 0 Å². The van der Waals surface area contributed by atoms with Gasteiger partial charge in [0, 0.05) is 37.3 Å². The number of hydrogen-bond donors (Lipinski definition) is 1. The molecule has 1 aromatic rings. The highest BCUT2D eigenvalue weighted by Crippen LogP contribution is 2.19. The van der Waals surface area contributed by atoms with E-state index in [1.165, 1.54) is 0 Å². The Morgan fingerprint density at radius 1 is 1.55 bits per heavy atom. The van der Waals surface area contributed by atoms with Gasteiger partial charge in [-0.15, -0.1) is 0 Å². The molecule has 1 aliphatic heterocycles. The summed E-state index contributed by atoms with van der Waals surface area (Å²) < 4.78 is 5.61. The molecule has 1 aliphatic rings. The molecule has 0 amide bonds. The van der Waals surface area contributed by atoms with Crippen molar-refractivity contribution in [3.8, 4) is 0 Å². The van der Waals surface area contributed by atoms with Gasteiger partial charge in [0.15, 0.2) is 0 Å². The maximum atomic E-state index is 11.0. The summed E-state index contributed by atoms with van der Waals surface area (Å²) in [5.41, 5.74) is 6.84. The lowest BCUT2D eigenvalue weighted by Crippen LogP contribution is -2.49. The number of nitrogens with zero attached hydrogens (tertiary/aromatic N) is 2. The number of benzene rings is 1. The first kappa shape index (κ1) is 14.9. The molecule has 6 heteroatoms. The molecule has 2 rings (SSSR count). The summed E-state index contributed by atoms with van der Waals surface area (Å²) in [6, 6.07) is 6.92. The molecular weight excluding hydrogens is 258 g/mol. The van der Waals surface area contributed by atoms with E-state index in [1.54, 1.807) is 12.1 Å². The Labute approximate surface area is 118 Å². The summed E-state index contributed by atoms with van der Waals surface area (Å²) in [5.74, 6) is 0. The number of hydrogen-bond acceptors (Lipinski definition) is 5. The minimum absolute atomic E-state index is 0.00358. The molecule has 2 N–H and O–H groups in total. The number of morpholine rings is 1. The van der Waals surface area contributed by atoms with Gasteiger partial charge in [0.05, 0.1) is 17.6 Å². The second-order valence-electron chi connectivity index (χ2n) is 5.20. The topological polar surface area (TPSA) is 81.6 Å². The third-order valence-electron chi connectivity index (χ3n) is 3.65. The lowest BCUT2D eigenvalue weighted by atomic mass is 10.1. The van der Waals surface area contributed by atoms with Gasteiger partial charge in [-0.3, -0.25) is 15.0 Å². The Bertz CT molecular complexity index is 465. The molecule has 1 aromatic carbocycles. The molecule has 0 bridgehead atoms. The Hall–Kier alpha value is -1.50. The van der Waals surface area contributed by atoms with Crippen LogP contribution in [0.25, 0.3) is 0 Å². The summed E-state index contributed by atoms with van der Waals surface area (Å²) in [6.45, 7) is 5.04. The number of rotatable bonds is 5. The lowest BCUT2D eigenvalue weighted by molar-refractivity contribution is -0.385. The number of nitro benzene ring substituents is 1. The van der Waals surface area contributed by atoms with Crippen molar-refractivity contribution >= 4 is 5.69 Å². The molecule has 1 heterocycles. The molecule has 2 atom stereocenters. The lowest BCUT2D eigenvalue weighted by Gasteiger charge is -2.34. The van der Waals surface area contributed by atoms with Crippen molar-refractivity contribution in [2.24, 2.45) is 5.73 Å². The van der Waals surface area contributed by atoms with Gasteiger partial charge in [-0.25, -0.2) is 0 Å². The molecule has 20 heavy (non-hydrogen) atoms. The van der Waals surface area contributed by atoms with E-state index in [2.05, 4.69) is 4.90 Å². The van der Waals surface area contributed by atoms with Gasteiger partial charge in [0.2, 0.25) is 0 Å². The van der Waals surface area contributed by atoms with E-state index in [1.807, 2.05) is 19.1 Å². The molecule has 0 radical (unpaired) electrons. The molecule has 0 aliphatic carbocycles. The van der Waals surface area contributed by atoms with Crippen LogP contribution >= 0.6 is 0 Å². The molecule has 6 nitrogen and oxygen atoms in total. The molecule has 2 unspecified atom stereocenters. The second kappa shape index (κ2) is 6.78. The maximum Gasteiger partial charge on any atom is 0.272 e. The van der Waals surface area contributed by atoms with Crippen molar-refractivity contribution in [2.45, 2.75) is 25.5 Å². The summed E-state index contributed by atoms with van der Waals surface area (Å²) in [5, 5.41) is 11.0. The maximum absolute atomic E-state index is 11.0. The minimum atomic E-state index is -0.320. The summed E-state index contributed by atoms with van der Waals surface area (Å²) >= 11 is 0. The zero-order valence-electron chi connectivity index (χ0n) is 11.7. The molecule has 110 valence electrons. The van der Waals surface area contributed by atoms with Gasteiger partial charge in [-0.1, -0.05) is 18.2 Å². The van der Waals surface area contributed by atoms with Gasteiger partial charge in [0.25, 0.3) is 5.69 Å². The summed E-state index contributed by atoms with van der Waals surface area (Å²) in [7, 11) is 0. The molecule has 0 aromatic heterocycles. The first-order valence-corrected chi connectivity index (χ1v) is 6.89. The monoisotopic (exact) mass is 279 g/mol. The van der Waals surface area contributed by atoms with Crippen LogP contribution in [0.2, 0.25) is 0 Å². The van der Waals surface area contributed by atoms with Crippen molar-refractivity contribution in [1.82, 2.24) is 4.90 Å². The third-order valence-corrected chi connectivity index (χ3v) is 3.65. The predicted molar refractivity (Wildman–Crippen MR) is 76.6 cm³/mol. The first-order valence-electron chi connectivity index (χ1n) is 6.89. The average molecular weight is 279 g/mol. The van der Waals surface area contributed by atoms with E-state index in [9.17, 15) is 10.1 Å². The third kappa shape index (κ3) is 3.75.